The predicted octanol–water partition coefficient (Wildman–Crippen LogP) is 2.06. The summed E-state index contributed by atoms with van der Waals surface area (Å²) in [5.74, 6) is 0. The van der Waals surface area contributed by atoms with Gasteiger partial charge in [0.2, 0.25) is 0 Å². The molecule has 1 aliphatic rings. The van der Waals surface area contributed by atoms with Gasteiger partial charge < -0.3 is 9.88 Å². The molecule has 1 aliphatic carbocycles. The largest absolute Gasteiger partial charge is 0.333 e. The summed E-state index contributed by atoms with van der Waals surface area (Å²) in [7, 11) is 0. The summed E-state index contributed by atoms with van der Waals surface area (Å²) >= 11 is 0. The number of hydrogen-bond acceptors (Lipinski definition) is 3. The molecule has 0 aliphatic heterocycles. The molecule has 4 nitrogen and oxygen atoms in total. The Morgan fingerprint density at radius 3 is 3.11 bits per heavy atom. The number of benzene rings is 1. The molecule has 0 unspecified atom stereocenters. The van der Waals surface area contributed by atoms with E-state index < -0.39 is 0 Å². The Morgan fingerprint density at radius 2 is 2.32 bits per heavy atom. The maximum absolute atomic E-state index is 8.88. The predicted molar refractivity (Wildman–Crippen MR) is 72.3 cm³/mol. The highest BCUT2D eigenvalue weighted by molar-refractivity contribution is 5.32. The molecule has 2 aromatic rings. The van der Waals surface area contributed by atoms with E-state index in [0.29, 0.717) is 11.6 Å². The lowest BCUT2D eigenvalue weighted by Gasteiger charge is -2.02. The molecule has 1 fully saturated rings. The lowest BCUT2D eigenvalue weighted by molar-refractivity contribution is 0.676. The van der Waals surface area contributed by atoms with Crippen LogP contribution in [0.3, 0.4) is 0 Å². The molecule has 0 spiro atoms. The number of nitrogens with zero attached hydrogens (tertiary/aromatic N) is 3. The zero-order valence-electron chi connectivity index (χ0n) is 10.7. The first-order chi connectivity index (χ1) is 9.33. The normalized spacial score (nSPS) is 14.3. The van der Waals surface area contributed by atoms with Crippen LogP contribution in [0.15, 0.2) is 36.8 Å². The summed E-state index contributed by atoms with van der Waals surface area (Å²) in [5.41, 5.74) is 2.90. The SMILES string of the molecule is N#Cc1cccc(Cn2cnc(CNC3CC3)c2)c1. The van der Waals surface area contributed by atoms with Crippen LogP contribution in [0.2, 0.25) is 0 Å². The number of nitriles is 1. The van der Waals surface area contributed by atoms with Crippen molar-refractivity contribution in [2.75, 3.05) is 0 Å². The molecule has 3 rings (SSSR count). The summed E-state index contributed by atoms with van der Waals surface area (Å²) < 4.78 is 2.06. The first-order valence-corrected chi connectivity index (χ1v) is 6.56. The molecule has 4 heteroatoms. The highest BCUT2D eigenvalue weighted by Gasteiger charge is 2.20. The van der Waals surface area contributed by atoms with E-state index in [1.54, 1.807) is 0 Å². The van der Waals surface area contributed by atoms with E-state index in [-0.39, 0.29) is 0 Å². The minimum Gasteiger partial charge on any atom is -0.333 e. The summed E-state index contributed by atoms with van der Waals surface area (Å²) in [4.78, 5) is 4.39. The van der Waals surface area contributed by atoms with Gasteiger partial charge in [-0.15, -0.1) is 0 Å². The van der Waals surface area contributed by atoms with Crippen LogP contribution in [0.1, 0.15) is 29.7 Å². The summed E-state index contributed by atoms with van der Waals surface area (Å²) in [5, 5.41) is 12.3. The van der Waals surface area contributed by atoms with Gasteiger partial charge in [0.25, 0.3) is 0 Å². The van der Waals surface area contributed by atoms with Gasteiger partial charge in [-0.1, -0.05) is 12.1 Å². The average Bonchev–Trinajstić information content (AvgIpc) is 3.17. The molecule has 1 aromatic heterocycles. The first kappa shape index (κ1) is 11.9. The van der Waals surface area contributed by atoms with Gasteiger partial charge in [-0.05, 0) is 30.5 Å². The second-order valence-corrected chi connectivity index (χ2v) is 5.00. The zero-order chi connectivity index (χ0) is 13.1. The lowest BCUT2D eigenvalue weighted by atomic mass is 10.1. The van der Waals surface area contributed by atoms with Crippen LogP contribution in [0.5, 0.6) is 0 Å². The van der Waals surface area contributed by atoms with E-state index in [9.17, 15) is 0 Å². The van der Waals surface area contributed by atoms with Gasteiger partial charge in [-0.25, -0.2) is 4.98 Å². The van der Waals surface area contributed by atoms with Crippen LogP contribution in [0.25, 0.3) is 0 Å². The molecule has 0 saturated heterocycles. The third-order valence-corrected chi connectivity index (χ3v) is 3.26. The average molecular weight is 252 g/mol. The molecule has 19 heavy (non-hydrogen) atoms. The van der Waals surface area contributed by atoms with Gasteiger partial charge in [0.1, 0.15) is 0 Å². The monoisotopic (exact) mass is 252 g/mol. The Balaban J connectivity index is 1.63. The Labute approximate surface area is 112 Å². The van der Waals surface area contributed by atoms with Crippen molar-refractivity contribution in [2.24, 2.45) is 0 Å². The van der Waals surface area contributed by atoms with Gasteiger partial charge in [0.05, 0.1) is 23.7 Å². The number of hydrogen-bond donors (Lipinski definition) is 1. The summed E-state index contributed by atoms with van der Waals surface area (Å²) in [6.07, 6.45) is 6.50. The lowest BCUT2D eigenvalue weighted by Crippen LogP contribution is -2.15. The standard InChI is InChI=1S/C15H16N4/c16-7-12-2-1-3-13(6-12)9-19-10-15(18-11-19)8-17-14-4-5-14/h1-3,6,10-11,14,17H,4-5,8-9H2. The molecule has 0 atom stereocenters. The van der Waals surface area contributed by atoms with Gasteiger partial charge in [0, 0.05) is 25.3 Å². The highest BCUT2D eigenvalue weighted by atomic mass is 15.1. The molecule has 1 saturated carbocycles. The van der Waals surface area contributed by atoms with E-state index in [4.69, 9.17) is 5.26 Å². The van der Waals surface area contributed by atoms with Crippen LogP contribution in [-0.4, -0.2) is 15.6 Å². The molecule has 0 amide bonds. The molecule has 1 aromatic carbocycles. The third-order valence-electron chi connectivity index (χ3n) is 3.26. The highest BCUT2D eigenvalue weighted by Crippen LogP contribution is 2.19. The zero-order valence-corrected chi connectivity index (χ0v) is 10.7. The quantitative estimate of drug-likeness (QED) is 0.886. The van der Waals surface area contributed by atoms with Crippen molar-refractivity contribution in [2.45, 2.75) is 32.0 Å². The maximum Gasteiger partial charge on any atom is 0.0991 e. The first-order valence-electron chi connectivity index (χ1n) is 6.56. The van der Waals surface area contributed by atoms with Crippen molar-refractivity contribution < 1.29 is 0 Å². The summed E-state index contributed by atoms with van der Waals surface area (Å²) in [6.45, 7) is 1.60. The van der Waals surface area contributed by atoms with E-state index in [2.05, 4.69) is 27.1 Å². The van der Waals surface area contributed by atoms with Crippen molar-refractivity contribution in [3.05, 3.63) is 53.6 Å². The smallest absolute Gasteiger partial charge is 0.0991 e. The second kappa shape index (κ2) is 5.25. The van der Waals surface area contributed by atoms with Gasteiger partial charge >= 0.3 is 0 Å². The topological polar surface area (TPSA) is 53.6 Å². The fraction of sp³-hybridized carbons (Fsp3) is 0.333. The molecule has 0 radical (unpaired) electrons. The Hall–Kier alpha value is -2.12. The van der Waals surface area contributed by atoms with E-state index in [0.717, 1.165) is 24.3 Å². The fourth-order valence-corrected chi connectivity index (χ4v) is 2.07. The van der Waals surface area contributed by atoms with Crippen molar-refractivity contribution in [1.82, 2.24) is 14.9 Å². The molecule has 0 bridgehead atoms. The van der Waals surface area contributed by atoms with Crippen LogP contribution >= 0.6 is 0 Å². The van der Waals surface area contributed by atoms with E-state index in [1.807, 2.05) is 30.6 Å². The molecular weight excluding hydrogens is 236 g/mol. The Bertz CT molecular complexity index is 605. The third kappa shape index (κ3) is 3.21. The number of aromatic nitrogens is 2. The number of imidazole rings is 1. The van der Waals surface area contributed by atoms with Crippen LogP contribution in [0.4, 0.5) is 0 Å². The Kier molecular flexibility index (Phi) is 3.30. The molecule has 1 N–H and O–H groups in total. The van der Waals surface area contributed by atoms with Gasteiger partial charge in [-0.3, -0.25) is 0 Å². The van der Waals surface area contributed by atoms with Crippen molar-refractivity contribution in [3.63, 3.8) is 0 Å². The summed E-state index contributed by atoms with van der Waals surface area (Å²) in [6, 6.07) is 10.6. The van der Waals surface area contributed by atoms with Crippen molar-refractivity contribution in [1.29, 1.82) is 5.26 Å². The fourth-order valence-electron chi connectivity index (χ4n) is 2.07. The van der Waals surface area contributed by atoms with E-state index in [1.165, 1.54) is 12.8 Å². The van der Waals surface area contributed by atoms with Crippen molar-refractivity contribution >= 4 is 0 Å². The Morgan fingerprint density at radius 1 is 1.42 bits per heavy atom. The molecular formula is C15H16N4. The van der Waals surface area contributed by atoms with Gasteiger partial charge in [-0.2, -0.15) is 5.26 Å². The van der Waals surface area contributed by atoms with Crippen molar-refractivity contribution in [3.8, 4) is 6.07 Å². The minimum absolute atomic E-state index is 0.702. The van der Waals surface area contributed by atoms with Crippen LogP contribution in [0, 0.1) is 11.3 Å². The minimum atomic E-state index is 0.702. The van der Waals surface area contributed by atoms with Gasteiger partial charge in [0.15, 0.2) is 0 Å². The molecule has 96 valence electrons. The second-order valence-electron chi connectivity index (χ2n) is 5.00. The van der Waals surface area contributed by atoms with Crippen LogP contribution in [-0.2, 0) is 13.1 Å². The molecule has 1 heterocycles. The van der Waals surface area contributed by atoms with Crippen LogP contribution < -0.4 is 5.32 Å². The number of nitrogens with one attached hydrogen (secondary N) is 1. The number of rotatable bonds is 5. The maximum atomic E-state index is 8.88. The van der Waals surface area contributed by atoms with E-state index >= 15 is 0 Å².